The van der Waals surface area contributed by atoms with Gasteiger partial charge in [0.05, 0.1) is 34.7 Å². The highest BCUT2D eigenvalue weighted by Crippen LogP contribution is 2.32. The Balaban J connectivity index is 1.62. The normalized spacial score (nSPS) is 14.7. The predicted molar refractivity (Wildman–Crippen MR) is 121 cm³/mol. The fourth-order valence-corrected chi connectivity index (χ4v) is 4.06. The third kappa shape index (κ3) is 3.74. The Morgan fingerprint density at radius 3 is 2.52 bits per heavy atom. The molecule has 3 heterocycles. The molecular weight excluding hydrogens is 386 g/mol. The molecule has 1 saturated heterocycles. The van der Waals surface area contributed by atoms with Gasteiger partial charge in [-0.05, 0) is 31.0 Å². The lowest BCUT2D eigenvalue weighted by atomic mass is 10.0. The van der Waals surface area contributed by atoms with Crippen LogP contribution in [0.5, 0.6) is 0 Å². The number of aromatic nitrogens is 4. The molecule has 2 aromatic carbocycles. The maximum Gasteiger partial charge on any atom is 0.147 e. The lowest BCUT2D eigenvalue weighted by molar-refractivity contribution is 0.498. The monoisotopic (exact) mass is 409 g/mol. The average Bonchev–Trinajstić information content (AvgIpc) is 3.18. The van der Waals surface area contributed by atoms with Crippen LogP contribution >= 0.6 is 0 Å². The van der Waals surface area contributed by atoms with Crippen LogP contribution in [0.15, 0.2) is 54.9 Å². The Hall–Kier alpha value is -3.76. The van der Waals surface area contributed by atoms with Gasteiger partial charge in [-0.3, -0.25) is 9.67 Å². The minimum atomic E-state index is 0.256. The summed E-state index contributed by atoms with van der Waals surface area (Å²) in [6, 6.07) is 16.1. The molecule has 1 fully saturated rings. The van der Waals surface area contributed by atoms with Crippen molar-refractivity contribution in [1.82, 2.24) is 19.7 Å². The number of piperidine rings is 1. The van der Waals surface area contributed by atoms with Crippen molar-refractivity contribution in [1.29, 1.82) is 5.26 Å². The summed E-state index contributed by atoms with van der Waals surface area (Å²) in [6.45, 7) is 1.75. The molecule has 2 N–H and O–H groups in total. The SMILES string of the molecule is Cn1cc2ccc(-c3ncc(N4CCC(N)CC4)nc3-c3ccc(C#N)cc3)cc2n1. The Kier molecular flexibility index (Phi) is 4.85. The molecule has 0 radical (unpaired) electrons. The molecule has 0 atom stereocenters. The number of nitrogens with zero attached hydrogens (tertiary/aromatic N) is 6. The molecule has 0 spiro atoms. The molecule has 5 rings (SSSR count). The van der Waals surface area contributed by atoms with Gasteiger partial charge < -0.3 is 10.6 Å². The third-order valence-electron chi connectivity index (χ3n) is 5.81. The van der Waals surface area contributed by atoms with Crippen LogP contribution in [-0.4, -0.2) is 38.9 Å². The molecule has 7 nitrogen and oxygen atoms in total. The molecule has 1 aliphatic heterocycles. The summed E-state index contributed by atoms with van der Waals surface area (Å²) in [7, 11) is 1.92. The van der Waals surface area contributed by atoms with E-state index >= 15 is 0 Å². The Labute approximate surface area is 180 Å². The third-order valence-corrected chi connectivity index (χ3v) is 5.81. The molecular formula is C24H23N7. The van der Waals surface area contributed by atoms with Crippen molar-refractivity contribution in [2.75, 3.05) is 18.0 Å². The molecule has 0 saturated carbocycles. The second-order valence-corrected chi connectivity index (χ2v) is 8.02. The first-order valence-corrected chi connectivity index (χ1v) is 10.4. The Bertz CT molecular complexity index is 1280. The van der Waals surface area contributed by atoms with E-state index in [4.69, 9.17) is 21.0 Å². The van der Waals surface area contributed by atoms with Crippen molar-refractivity contribution in [2.24, 2.45) is 12.8 Å². The van der Waals surface area contributed by atoms with E-state index < -0.39 is 0 Å². The van der Waals surface area contributed by atoms with Crippen molar-refractivity contribution in [3.63, 3.8) is 0 Å². The molecule has 4 aromatic rings. The summed E-state index contributed by atoms with van der Waals surface area (Å²) in [5.41, 5.74) is 11.1. The summed E-state index contributed by atoms with van der Waals surface area (Å²) >= 11 is 0. The summed E-state index contributed by atoms with van der Waals surface area (Å²) in [5.74, 6) is 0.855. The van der Waals surface area contributed by atoms with E-state index in [0.29, 0.717) is 5.56 Å². The average molecular weight is 409 g/mol. The zero-order chi connectivity index (χ0) is 21.4. The van der Waals surface area contributed by atoms with E-state index in [2.05, 4.69) is 28.2 Å². The molecule has 0 unspecified atom stereocenters. The number of aryl methyl sites for hydroxylation is 1. The number of anilines is 1. The lowest BCUT2D eigenvalue weighted by Crippen LogP contribution is -2.40. The van der Waals surface area contributed by atoms with Crippen molar-refractivity contribution < 1.29 is 0 Å². The molecule has 154 valence electrons. The Morgan fingerprint density at radius 2 is 1.77 bits per heavy atom. The van der Waals surface area contributed by atoms with E-state index in [1.165, 1.54) is 0 Å². The van der Waals surface area contributed by atoms with Gasteiger partial charge in [-0.15, -0.1) is 0 Å². The van der Waals surface area contributed by atoms with Gasteiger partial charge in [0.25, 0.3) is 0 Å². The van der Waals surface area contributed by atoms with Gasteiger partial charge in [0, 0.05) is 48.9 Å². The lowest BCUT2D eigenvalue weighted by Gasteiger charge is -2.31. The zero-order valence-electron chi connectivity index (χ0n) is 17.4. The van der Waals surface area contributed by atoms with Crippen LogP contribution in [-0.2, 0) is 7.05 Å². The first-order chi connectivity index (χ1) is 15.1. The molecule has 7 heteroatoms. The fraction of sp³-hybridized carbons (Fsp3) is 0.250. The van der Waals surface area contributed by atoms with E-state index in [-0.39, 0.29) is 6.04 Å². The first kappa shape index (κ1) is 19.2. The van der Waals surface area contributed by atoms with Crippen LogP contribution in [0.1, 0.15) is 18.4 Å². The van der Waals surface area contributed by atoms with Gasteiger partial charge in [0.2, 0.25) is 0 Å². The highest BCUT2D eigenvalue weighted by atomic mass is 15.2. The van der Waals surface area contributed by atoms with Crippen molar-refractivity contribution in [3.05, 3.63) is 60.4 Å². The summed E-state index contributed by atoms with van der Waals surface area (Å²) in [6.07, 6.45) is 5.75. The van der Waals surface area contributed by atoms with E-state index in [0.717, 1.165) is 65.2 Å². The number of hydrogen-bond donors (Lipinski definition) is 1. The first-order valence-electron chi connectivity index (χ1n) is 10.4. The van der Waals surface area contributed by atoms with Gasteiger partial charge in [-0.2, -0.15) is 10.4 Å². The summed E-state index contributed by atoms with van der Waals surface area (Å²) < 4.78 is 1.81. The summed E-state index contributed by atoms with van der Waals surface area (Å²) in [4.78, 5) is 12.1. The topological polar surface area (TPSA) is 96.6 Å². The maximum absolute atomic E-state index is 9.17. The maximum atomic E-state index is 9.17. The largest absolute Gasteiger partial charge is 0.355 e. The Morgan fingerprint density at radius 1 is 1.03 bits per heavy atom. The molecule has 1 aliphatic rings. The van der Waals surface area contributed by atoms with Crippen molar-refractivity contribution in [2.45, 2.75) is 18.9 Å². The number of nitriles is 1. The number of benzene rings is 2. The van der Waals surface area contributed by atoms with Gasteiger partial charge in [-0.25, -0.2) is 4.98 Å². The minimum Gasteiger partial charge on any atom is -0.355 e. The second kappa shape index (κ2) is 7.82. The van der Waals surface area contributed by atoms with Crippen LogP contribution in [0, 0.1) is 11.3 Å². The molecule has 0 aliphatic carbocycles. The molecule has 0 amide bonds. The van der Waals surface area contributed by atoms with Gasteiger partial charge >= 0.3 is 0 Å². The zero-order valence-corrected chi connectivity index (χ0v) is 17.4. The minimum absolute atomic E-state index is 0.256. The van der Waals surface area contributed by atoms with E-state index in [9.17, 15) is 0 Å². The summed E-state index contributed by atoms with van der Waals surface area (Å²) in [5, 5.41) is 14.8. The smallest absolute Gasteiger partial charge is 0.147 e. The quantitative estimate of drug-likeness (QED) is 0.556. The standard InChI is InChI=1S/C24H23N7/c1-30-15-19-7-6-18(12-21(19)29-30)23-24(17-4-2-16(13-25)3-5-17)28-22(14-27-23)31-10-8-20(26)9-11-31/h2-7,12,14-15,20H,8-11,26H2,1H3. The molecule has 0 bridgehead atoms. The van der Waals surface area contributed by atoms with E-state index in [1.54, 1.807) is 0 Å². The van der Waals surface area contributed by atoms with Crippen LogP contribution < -0.4 is 10.6 Å². The molecule has 31 heavy (non-hydrogen) atoms. The van der Waals surface area contributed by atoms with Crippen LogP contribution in [0.25, 0.3) is 33.4 Å². The fourth-order valence-electron chi connectivity index (χ4n) is 4.06. The van der Waals surface area contributed by atoms with Gasteiger partial charge in [0.1, 0.15) is 5.82 Å². The van der Waals surface area contributed by atoms with Crippen LogP contribution in [0.2, 0.25) is 0 Å². The predicted octanol–water partition coefficient (Wildman–Crippen LogP) is 3.50. The number of nitrogens with two attached hydrogens (primary N) is 1. The van der Waals surface area contributed by atoms with Crippen LogP contribution in [0.3, 0.4) is 0 Å². The second-order valence-electron chi connectivity index (χ2n) is 8.02. The molecule has 2 aromatic heterocycles. The van der Waals surface area contributed by atoms with Crippen molar-refractivity contribution in [3.8, 4) is 28.6 Å². The van der Waals surface area contributed by atoms with Crippen LogP contribution in [0.4, 0.5) is 5.82 Å². The number of fused-ring (bicyclic) bond motifs is 1. The highest BCUT2D eigenvalue weighted by Gasteiger charge is 2.20. The number of hydrogen-bond acceptors (Lipinski definition) is 6. The van der Waals surface area contributed by atoms with Crippen molar-refractivity contribution >= 4 is 16.7 Å². The van der Waals surface area contributed by atoms with Gasteiger partial charge in [-0.1, -0.05) is 24.3 Å². The van der Waals surface area contributed by atoms with Gasteiger partial charge in [0.15, 0.2) is 0 Å². The number of rotatable bonds is 3. The van der Waals surface area contributed by atoms with E-state index in [1.807, 2.05) is 54.5 Å². The highest BCUT2D eigenvalue weighted by molar-refractivity contribution is 5.87.